The predicted octanol–water partition coefficient (Wildman–Crippen LogP) is 7.99. The first-order valence-electron chi connectivity index (χ1n) is 18.8. The van der Waals surface area contributed by atoms with E-state index >= 15 is 0 Å². The van der Waals surface area contributed by atoms with Crippen LogP contribution in [0.25, 0.3) is 12.2 Å². The summed E-state index contributed by atoms with van der Waals surface area (Å²) in [5.74, 6) is -0.782. The Bertz CT molecular complexity index is 2080. The highest BCUT2D eigenvalue weighted by molar-refractivity contribution is 6.31. The number of benzene rings is 4. The first-order valence-corrected chi connectivity index (χ1v) is 19.5. The molecule has 2 heterocycles. The SMILES string of the molecule is CC(=O)Nc1ccc(Cl)cc1/C=C/C(=O)N1CCN(Cc2ccc(F)cc2)CC1C.CC1CN(Cc2ccc(F)cc2)CCN1C(=O)/C=C/c1cc(Cl)ccc1N. The number of carbonyl (C=O) groups excluding carboxylic acids is 3. The van der Waals surface area contributed by atoms with E-state index in [-0.39, 0.29) is 41.4 Å². The molecule has 2 aliphatic heterocycles. The Labute approximate surface area is 343 Å². The van der Waals surface area contributed by atoms with Gasteiger partial charge in [-0.1, -0.05) is 47.5 Å². The molecule has 0 aromatic heterocycles. The van der Waals surface area contributed by atoms with Gasteiger partial charge in [0.15, 0.2) is 0 Å². The molecular formula is C44H48Cl2F2N6O3. The monoisotopic (exact) mass is 816 g/mol. The average molecular weight is 818 g/mol. The Kier molecular flexibility index (Phi) is 15.4. The highest BCUT2D eigenvalue weighted by Gasteiger charge is 2.27. The van der Waals surface area contributed by atoms with Gasteiger partial charge in [0, 0.05) is 105 Å². The van der Waals surface area contributed by atoms with Crippen LogP contribution >= 0.6 is 23.2 Å². The van der Waals surface area contributed by atoms with Crippen LogP contribution in [0, 0.1) is 11.6 Å². The molecule has 0 bridgehead atoms. The highest BCUT2D eigenvalue weighted by Crippen LogP contribution is 2.24. The molecule has 2 saturated heterocycles. The fourth-order valence-electron chi connectivity index (χ4n) is 6.88. The summed E-state index contributed by atoms with van der Waals surface area (Å²) >= 11 is 12.0. The third-order valence-corrected chi connectivity index (χ3v) is 10.3. The molecule has 9 nitrogen and oxygen atoms in total. The van der Waals surface area contributed by atoms with E-state index in [0.717, 1.165) is 56.0 Å². The zero-order chi connectivity index (χ0) is 41.1. The van der Waals surface area contributed by atoms with Crippen LogP contribution in [0.15, 0.2) is 97.1 Å². The first-order chi connectivity index (χ1) is 27.2. The number of rotatable bonds is 9. The zero-order valence-electron chi connectivity index (χ0n) is 32.3. The van der Waals surface area contributed by atoms with Crippen LogP contribution in [-0.4, -0.2) is 88.7 Å². The van der Waals surface area contributed by atoms with Gasteiger partial charge in [0.25, 0.3) is 0 Å². The molecule has 3 amide bonds. The van der Waals surface area contributed by atoms with Crippen molar-refractivity contribution < 1.29 is 23.2 Å². The Hall–Kier alpha value is -5.07. The number of halogens is 4. The van der Waals surface area contributed by atoms with Crippen LogP contribution < -0.4 is 11.1 Å². The van der Waals surface area contributed by atoms with Gasteiger partial charge in [0.1, 0.15) is 11.6 Å². The summed E-state index contributed by atoms with van der Waals surface area (Å²) in [6.45, 7) is 11.3. The van der Waals surface area contributed by atoms with Crippen LogP contribution in [0.5, 0.6) is 0 Å². The van der Waals surface area contributed by atoms with Crippen molar-refractivity contribution in [3.63, 3.8) is 0 Å². The number of nitrogens with zero attached hydrogens (tertiary/aromatic N) is 4. The number of hydrogen-bond donors (Lipinski definition) is 2. The van der Waals surface area contributed by atoms with Crippen molar-refractivity contribution in [2.45, 2.75) is 45.9 Å². The van der Waals surface area contributed by atoms with E-state index in [2.05, 4.69) is 15.1 Å². The number of nitrogen functional groups attached to an aromatic ring is 1. The van der Waals surface area contributed by atoms with Crippen molar-refractivity contribution in [1.29, 1.82) is 0 Å². The second-order valence-electron chi connectivity index (χ2n) is 14.3. The molecule has 13 heteroatoms. The summed E-state index contributed by atoms with van der Waals surface area (Å²) in [6.07, 6.45) is 6.45. The Morgan fingerprint density at radius 2 is 1.12 bits per heavy atom. The summed E-state index contributed by atoms with van der Waals surface area (Å²) in [4.78, 5) is 45.0. The molecule has 2 fully saturated rings. The van der Waals surface area contributed by atoms with Crippen molar-refractivity contribution in [2.75, 3.05) is 50.3 Å². The minimum Gasteiger partial charge on any atom is -0.398 e. The number of hydrogen-bond acceptors (Lipinski definition) is 6. The maximum Gasteiger partial charge on any atom is 0.246 e. The summed E-state index contributed by atoms with van der Waals surface area (Å²) in [6, 6.07) is 23.5. The standard InChI is InChI=1S/C23H25ClFN3O2.C21H23ClFN3O/c1-16-14-27(15-18-3-7-21(25)8-4-18)11-12-28(16)23(30)10-5-19-13-20(24)6-9-22(19)26-17(2)29;1-15-13-25(14-16-2-6-19(23)7-3-16)10-11-26(15)21(27)9-4-17-12-18(22)5-8-20(17)24/h3-10,13,16H,11-12,14-15H2,1-2H3,(H,26,29);2-9,12,15H,10-11,13-14,24H2,1H3/b10-5+;9-4+. The van der Waals surface area contributed by atoms with Crippen LogP contribution in [0.2, 0.25) is 10.0 Å². The number of amides is 3. The normalized spacial score (nSPS) is 17.7. The van der Waals surface area contributed by atoms with E-state index in [4.69, 9.17) is 28.9 Å². The zero-order valence-corrected chi connectivity index (χ0v) is 33.8. The largest absolute Gasteiger partial charge is 0.398 e. The van der Waals surface area contributed by atoms with Gasteiger partial charge in [-0.15, -0.1) is 0 Å². The molecule has 4 aromatic carbocycles. The molecule has 3 N–H and O–H groups in total. The second-order valence-corrected chi connectivity index (χ2v) is 15.2. The number of anilines is 2. The molecule has 6 rings (SSSR count). The van der Waals surface area contributed by atoms with Crippen molar-refractivity contribution in [2.24, 2.45) is 0 Å². The summed E-state index contributed by atoms with van der Waals surface area (Å²) < 4.78 is 26.1. The number of piperazine rings is 2. The molecule has 4 aromatic rings. The Balaban J connectivity index is 0.000000219. The van der Waals surface area contributed by atoms with Gasteiger partial charge in [-0.05, 0) is 109 Å². The molecule has 2 unspecified atom stereocenters. The van der Waals surface area contributed by atoms with Gasteiger partial charge in [-0.3, -0.25) is 24.2 Å². The molecule has 0 aliphatic carbocycles. The topological polar surface area (TPSA) is 102 Å². The number of nitrogens with two attached hydrogens (primary N) is 1. The lowest BCUT2D eigenvalue weighted by Crippen LogP contribution is -2.53. The van der Waals surface area contributed by atoms with Gasteiger partial charge >= 0.3 is 0 Å². The second kappa shape index (κ2) is 20.4. The highest BCUT2D eigenvalue weighted by atomic mass is 35.5. The Morgan fingerprint density at radius 3 is 1.58 bits per heavy atom. The molecule has 2 aliphatic rings. The maximum atomic E-state index is 13.1. The first kappa shape index (κ1) is 43.1. The maximum absolute atomic E-state index is 13.1. The van der Waals surface area contributed by atoms with E-state index in [9.17, 15) is 23.2 Å². The lowest BCUT2D eigenvalue weighted by atomic mass is 10.1. The van der Waals surface area contributed by atoms with E-state index in [1.54, 1.807) is 78.9 Å². The lowest BCUT2D eigenvalue weighted by Gasteiger charge is -2.39. The van der Waals surface area contributed by atoms with E-state index in [1.165, 1.54) is 37.3 Å². The summed E-state index contributed by atoms with van der Waals surface area (Å²) in [5, 5.41) is 3.85. The average Bonchev–Trinajstić information content (AvgIpc) is 3.17. The fourth-order valence-corrected chi connectivity index (χ4v) is 7.24. The molecule has 0 radical (unpaired) electrons. The Morgan fingerprint density at radius 1 is 0.684 bits per heavy atom. The van der Waals surface area contributed by atoms with Crippen molar-refractivity contribution in [1.82, 2.24) is 19.6 Å². The minimum absolute atomic E-state index is 0.0386. The van der Waals surface area contributed by atoms with E-state index < -0.39 is 0 Å². The quantitative estimate of drug-likeness (QED) is 0.131. The lowest BCUT2D eigenvalue weighted by molar-refractivity contribution is -0.131. The third-order valence-electron chi connectivity index (χ3n) is 9.81. The molecular weight excluding hydrogens is 769 g/mol. The van der Waals surface area contributed by atoms with Crippen LogP contribution in [0.4, 0.5) is 20.2 Å². The van der Waals surface area contributed by atoms with E-state index in [0.29, 0.717) is 40.1 Å². The van der Waals surface area contributed by atoms with Crippen molar-refractivity contribution >= 4 is 64.5 Å². The fraction of sp³-hybridized carbons (Fsp3) is 0.295. The summed E-state index contributed by atoms with van der Waals surface area (Å²) in [5.41, 5.74) is 10.6. The minimum atomic E-state index is -0.240. The van der Waals surface area contributed by atoms with Gasteiger partial charge in [0.05, 0.1) is 0 Å². The van der Waals surface area contributed by atoms with Gasteiger partial charge in [-0.25, -0.2) is 8.78 Å². The van der Waals surface area contributed by atoms with Gasteiger partial charge in [0.2, 0.25) is 17.7 Å². The van der Waals surface area contributed by atoms with Crippen molar-refractivity contribution in [3.05, 3.63) is 141 Å². The number of nitrogens with one attached hydrogen (secondary N) is 1. The van der Waals surface area contributed by atoms with Crippen LogP contribution in [0.1, 0.15) is 43.0 Å². The third kappa shape index (κ3) is 13.0. The smallest absolute Gasteiger partial charge is 0.246 e. The molecule has 0 spiro atoms. The summed E-state index contributed by atoms with van der Waals surface area (Å²) in [7, 11) is 0. The predicted molar refractivity (Wildman–Crippen MR) is 225 cm³/mol. The molecule has 300 valence electrons. The van der Waals surface area contributed by atoms with Gasteiger partial charge < -0.3 is 20.9 Å². The molecule has 0 saturated carbocycles. The molecule has 57 heavy (non-hydrogen) atoms. The van der Waals surface area contributed by atoms with Crippen molar-refractivity contribution in [3.8, 4) is 0 Å². The molecule has 2 atom stereocenters. The number of carbonyl (C=O) groups is 3. The van der Waals surface area contributed by atoms with Crippen LogP contribution in [-0.2, 0) is 27.5 Å². The van der Waals surface area contributed by atoms with E-state index in [1.807, 2.05) is 23.6 Å². The van der Waals surface area contributed by atoms with Crippen LogP contribution in [0.3, 0.4) is 0 Å². The van der Waals surface area contributed by atoms with Gasteiger partial charge in [-0.2, -0.15) is 0 Å².